The van der Waals surface area contributed by atoms with Crippen molar-refractivity contribution < 1.29 is 0 Å². The van der Waals surface area contributed by atoms with Gasteiger partial charge in [0, 0.05) is 16.3 Å². The maximum Gasteiger partial charge on any atom is 0.106 e. The maximum atomic E-state index is 5.86. The largest absolute Gasteiger partial charge is 0.389 e. The zero-order valence-electron chi connectivity index (χ0n) is 9.91. The molecule has 0 aromatic heterocycles. The van der Waals surface area contributed by atoms with E-state index in [4.69, 9.17) is 29.6 Å². The normalized spacial score (nSPS) is 10.1. The Bertz CT molecular complexity index is 579. The summed E-state index contributed by atoms with van der Waals surface area (Å²) >= 11 is 10.9. The number of thiocarbonyl (C=S) groups is 1. The third kappa shape index (κ3) is 2.81. The highest BCUT2D eigenvalue weighted by molar-refractivity contribution is 7.80. The number of aryl methyl sites for hydroxylation is 1. The van der Waals surface area contributed by atoms with Crippen molar-refractivity contribution in [1.29, 1.82) is 0 Å². The van der Waals surface area contributed by atoms with Gasteiger partial charge in [0.25, 0.3) is 0 Å². The first-order chi connectivity index (χ1) is 8.58. The Kier molecular flexibility index (Phi) is 3.84. The predicted molar refractivity (Wildman–Crippen MR) is 81.8 cm³/mol. The van der Waals surface area contributed by atoms with Crippen molar-refractivity contribution in [2.24, 2.45) is 5.73 Å². The molecule has 0 atom stereocenters. The number of hydrogen-bond acceptors (Lipinski definition) is 2. The molecule has 0 bridgehead atoms. The molecule has 2 rings (SSSR count). The zero-order valence-corrected chi connectivity index (χ0v) is 11.5. The minimum absolute atomic E-state index is 0.384. The molecular weight excluding hydrogens is 264 g/mol. The van der Waals surface area contributed by atoms with Crippen LogP contribution in [0.3, 0.4) is 0 Å². The molecule has 0 aliphatic carbocycles. The summed E-state index contributed by atoms with van der Waals surface area (Å²) in [5, 5.41) is 4.03. The second kappa shape index (κ2) is 5.38. The summed E-state index contributed by atoms with van der Waals surface area (Å²) in [6.45, 7) is 2.01. The summed E-state index contributed by atoms with van der Waals surface area (Å²) in [5.74, 6) is 0. The Balaban J connectivity index is 2.39. The molecule has 0 spiro atoms. The van der Waals surface area contributed by atoms with Crippen LogP contribution in [-0.4, -0.2) is 4.99 Å². The predicted octanol–water partition coefficient (Wildman–Crippen LogP) is 4.03. The fourth-order valence-corrected chi connectivity index (χ4v) is 2.01. The first kappa shape index (κ1) is 12.9. The highest BCUT2D eigenvalue weighted by atomic mass is 35.5. The summed E-state index contributed by atoms with van der Waals surface area (Å²) in [6, 6.07) is 13.4. The Hall–Kier alpha value is -1.58. The molecule has 92 valence electrons. The quantitative estimate of drug-likeness (QED) is 0.832. The first-order valence-electron chi connectivity index (χ1n) is 5.50. The van der Waals surface area contributed by atoms with Crippen molar-refractivity contribution in [3.05, 3.63) is 58.6 Å². The van der Waals surface area contributed by atoms with Crippen LogP contribution in [0.5, 0.6) is 0 Å². The Morgan fingerprint density at radius 2 is 1.83 bits per heavy atom. The van der Waals surface area contributed by atoms with E-state index < -0.39 is 0 Å². The second-order valence-electron chi connectivity index (χ2n) is 3.99. The van der Waals surface area contributed by atoms with Crippen molar-refractivity contribution in [3.8, 4) is 0 Å². The summed E-state index contributed by atoms with van der Waals surface area (Å²) in [4.78, 5) is 0.384. The number of halogens is 1. The van der Waals surface area contributed by atoms with E-state index in [-0.39, 0.29) is 0 Å². The van der Waals surface area contributed by atoms with Gasteiger partial charge in [0.15, 0.2) is 0 Å². The zero-order chi connectivity index (χ0) is 13.1. The number of nitrogens with one attached hydrogen (secondary N) is 1. The molecule has 0 radical (unpaired) electrons. The third-order valence-corrected chi connectivity index (χ3v) is 3.12. The summed E-state index contributed by atoms with van der Waals surface area (Å²) in [6.07, 6.45) is 0. The van der Waals surface area contributed by atoms with Gasteiger partial charge in [-0.1, -0.05) is 36.0 Å². The van der Waals surface area contributed by atoms with Crippen LogP contribution in [0.1, 0.15) is 11.1 Å². The van der Waals surface area contributed by atoms with Crippen LogP contribution >= 0.6 is 23.8 Å². The van der Waals surface area contributed by atoms with Crippen molar-refractivity contribution in [1.82, 2.24) is 0 Å². The Morgan fingerprint density at radius 1 is 1.17 bits per heavy atom. The molecule has 2 aromatic rings. The van der Waals surface area contributed by atoms with E-state index in [1.807, 2.05) is 49.4 Å². The van der Waals surface area contributed by atoms with E-state index in [0.29, 0.717) is 10.0 Å². The van der Waals surface area contributed by atoms with Crippen LogP contribution < -0.4 is 11.1 Å². The van der Waals surface area contributed by atoms with Gasteiger partial charge in [-0.15, -0.1) is 0 Å². The Morgan fingerprint density at radius 3 is 2.44 bits per heavy atom. The van der Waals surface area contributed by atoms with E-state index in [9.17, 15) is 0 Å². The molecule has 0 heterocycles. The number of anilines is 2. The van der Waals surface area contributed by atoms with Crippen LogP contribution in [0.2, 0.25) is 5.02 Å². The average Bonchev–Trinajstić information content (AvgIpc) is 2.34. The molecular formula is C14H13ClN2S. The van der Waals surface area contributed by atoms with Crippen LogP contribution in [0, 0.1) is 6.92 Å². The summed E-state index contributed by atoms with van der Waals surface area (Å²) < 4.78 is 0. The van der Waals surface area contributed by atoms with E-state index in [1.165, 1.54) is 0 Å². The van der Waals surface area contributed by atoms with Gasteiger partial charge in [0.2, 0.25) is 0 Å². The number of para-hydroxylation sites is 1. The minimum Gasteiger partial charge on any atom is -0.389 e. The van der Waals surface area contributed by atoms with Gasteiger partial charge in [-0.3, -0.25) is 0 Å². The molecule has 0 aliphatic rings. The van der Waals surface area contributed by atoms with Crippen LogP contribution in [0.15, 0.2) is 42.5 Å². The molecule has 2 aromatic carbocycles. The lowest BCUT2D eigenvalue weighted by Crippen LogP contribution is -2.12. The van der Waals surface area contributed by atoms with Crippen molar-refractivity contribution in [2.45, 2.75) is 6.92 Å². The van der Waals surface area contributed by atoms with E-state index in [2.05, 4.69) is 5.32 Å². The number of benzene rings is 2. The van der Waals surface area contributed by atoms with Gasteiger partial charge in [-0.05, 0) is 42.8 Å². The smallest absolute Gasteiger partial charge is 0.106 e. The number of rotatable bonds is 3. The van der Waals surface area contributed by atoms with E-state index >= 15 is 0 Å². The molecule has 4 heteroatoms. The molecule has 18 heavy (non-hydrogen) atoms. The summed E-state index contributed by atoms with van der Waals surface area (Å²) in [7, 11) is 0. The van der Waals surface area contributed by atoms with Gasteiger partial charge >= 0.3 is 0 Å². The average molecular weight is 277 g/mol. The van der Waals surface area contributed by atoms with Gasteiger partial charge < -0.3 is 11.1 Å². The first-order valence-corrected chi connectivity index (χ1v) is 6.28. The summed E-state index contributed by atoms with van der Waals surface area (Å²) in [5.41, 5.74) is 9.56. The molecule has 0 saturated heterocycles. The van der Waals surface area contributed by atoms with Gasteiger partial charge in [0.05, 0.1) is 5.69 Å². The lowest BCUT2D eigenvalue weighted by atomic mass is 10.1. The highest BCUT2D eigenvalue weighted by Gasteiger charge is 2.07. The lowest BCUT2D eigenvalue weighted by molar-refractivity contribution is 1.41. The highest BCUT2D eigenvalue weighted by Crippen LogP contribution is 2.25. The van der Waals surface area contributed by atoms with Crippen LogP contribution in [0.4, 0.5) is 11.4 Å². The SMILES string of the molecule is Cc1cccc(C(N)=S)c1Nc1ccc(Cl)cc1. The van der Waals surface area contributed by atoms with Gasteiger partial charge in [-0.25, -0.2) is 0 Å². The van der Waals surface area contributed by atoms with Gasteiger partial charge in [0.1, 0.15) is 4.99 Å². The van der Waals surface area contributed by atoms with Crippen LogP contribution in [-0.2, 0) is 0 Å². The van der Waals surface area contributed by atoms with Crippen molar-refractivity contribution in [2.75, 3.05) is 5.32 Å². The molecule has 3 N–H and O–H groups in total. The standard InChI is InChI=1S/C14H13ClN2S/c1-9-3-2-4-12(14(16)18)13(9)17-11-7-5-10(15)6-8-11/h2-8,17H,1H3,(H2,16,18). The van der Waals surface area contributed by atoms with Gasteiger partial charge in [-0.2, -0.15) is 0 Å². The van der Waals surface area contributed by atoms with E-state index in [0.717, 1.165) is 22.5 Å². The molecule has 0 amide bonds. The maximum absolute atomic E-state index is 5.86. The topological polar surface area (TPSA) is 38.0 Å². The molecule has 0 unspecified atom stereocenters. The van der Waals surface area contributed by atoms with E-state index in [1.54, 1.807) is 0 Å². The second-order valence-corrected chi connectivity index (χ2v) is 4.87. The lowest BCUT2D eigenvalue weighted by Gasteiger charge is -2.14. The number of hydrogen-bond donors (Lipinski definition) is 2. The molecule has 0 fully saturated rings. The fraction of sp³-hybridized carbons (Fsp3) is 0.0714. The Labute approximate surface area is 117 Å². The fourth-order valence-electron chi connectivity index (χ4n) is 1.72. The van der Waals surface area contributed by atoms with Crippen LogP contribution in [0.25, 0.3) is 0 Å². The monoisotopic (exact) mass is 276 g/mol. The molecule has 0 saturated carbocycles. The minimum atomic E-state index is 0.384. The molecule has 0 aliphatic heterocycles. The molecule has 2 nitrogen and oxygen atoms in total. The van der Waals surface area contributed by atoms with Crippen molar-refractivity contribution >= 4 is 40.2 Å². The number of nitrogens with two attached hydrogens (primary N) is 1. The van der Waals surface area contributed by atoms with Crippen molar-refractivity contribution in [3.63, 3.8) is 0 Å². The third-order valence-electron chi connectivity index (χ3n) is 2.65.